The SMILES string of the molecule is CNC(=O)C(C)(C)c1nc(Nc2onc(C)c2C)ncc1OC. The molecule has 2 aromatic rings. The molecule has 0 aliphatic carbocycles. The molecule has 0 fully saturated rings. The number of ether oxygens (including phenoxy) is 1. The summed E-state index contributed by atoms with van der Waals surface area (Å²) in [6.45, 7) is 7.26. The molecule has 0 atom stereocenters. The quantitative estimate of drug-likeness (QED) is 0.867. The van der Waals surface area contributed by atoms with Crippen LogP contribution in [0.1, 0.15) is 30.8 Å². The fourth-order valence-corrected chi connectivity index (χ4v) is 2.08. The van der Waals surface area contributed by atoms with E-state index in [1.54, 1.807) is 20.9 Å². The first-order valence-electron chi connectivity index (χ1n) is 7.14. The number of rotatable bonds is 5. The van der Waals surface area contributed by atoms with Crippen molar-refractivity contribution >= 4 is 17.7 Å². The van der Waals surface area contributed by atoms with Gasteiger partial charge in [-0.25, -0.2) is 9.97 Å². The van der Waals surface area contributed by atoms with Gasteiger partial charge in [0.25, 0.3) is 0 Å². The van der Waals surface area contributed by atoms with Crippen LogP contribution < -0.4 is 15.4 Å². The number of nitrogens with zero attached hydrogens (tertiary/aromatic N) is 3. The standard InChI is InChI=1S/C15H21N5O3/c1-8-9(2)20-23-12(8)19-14-17-7-10(22-6)11(18-14)15(3,4)13(21)16-5/h7H,1-6H3,(H,16,21)(H,17,18,19). The average molecular weight is 319 g/mol. The van der Waals surface area contributed by atoms with E-state index in [1.807, 2.05) is 13.8 Å². The molecule has 8 heteroatoms. The van der Waals surface area contributed by atoms with Crippen molar-refractivity contribution in [2.45, 2.75) is 33.1 Å². The highest BCUT2D eigenvalue weighted by Crippen LogP contribution is 2.31. The van der Waals surface area contributed by atoms with Crippen LogP contribution in [0.15, 0.2) is 10.7 Å². The topological polar surface area (TPSA) is 102 Å². The number of aromatic nitrogens is 3. The lowest BCUT2D eigenvalue weighted by Crippen LogP contribution is -2.39. The number of amides is 1. The predicted octanol–water partition coefficient (Wildman–Crippen LogP) is 1.86. The van der Waals surface area contributed by atoms with Crippen molar-refractivity contribution in [3.05, 3.63) is 23.1 Å². The molecule has 124 valence electrons. The second kappa shape index (κ2) is 6.23. The zero-order chi connectivity index (χ0) is 17.2. The first-order valence-corrected chi connectivity index (χ1v) is 7.14. The summed E-state index contributed by atoms with van der Waals surface area (Å²) < 4.78 is 10.5. The molecule has 0 saturated heterocycles. The average Bonchev–Trinajstić information content (AvgIpc) is 2.86. The van der Waals surface area contributed by atoms with Gasteiger partial charge in [-0.3, -0.25) is 10.1 Å². The van der Waals surface area contributed by atoms with E-state index in [-0.39, 0.29) is 5.91 Å². The molecular weight excluding hydrogens is 298 g/mol. The molecule has 2 aromatic heterocycles. The van der Waals surface area contributed by atoms with Crippen LogP contribution in [0.4, 0.5) is 11.8 Å². The van der Waals surface area contributed by atoms with Gasteiger partial charge in [0.2, 0.25) is 17.7 Å². The normalized spacial score (nSPS) is 11.2. The van der Waals surface area contributed by atoms with Gasteiger partial charge in [-0.2, -0.15) is 0 Å². The van der Waals surface area contributed by atoms with Gasteiger partial charge in [0.1, 0.15) is 5.69 Å². The molecular formula is C15H21N5O3. The number of hydrogen-bond donors (Lipinski definition) is 2. The predicted molar refractivity (Wildman–Crippen MR) is 84.9 cm³/mol. The van der Waals surface area contributed by atoms with E-state index in [0.29, 0.717) is 23.3 Å². The Bertz CT molecular complexity index is 724. The van der Waals surface area contributed by atoms with Gasteiger partial charge >= 0.3 is 0 Å². The minimum atomic E-state index is -0.883. The van der Waals surface area contributed by atoms with Crippen LogP contribution in [0.25, 0.3) is 0 Å². The van der Waals surface area contributed by atoms with Gasteiger partial charge in [-0.1, -0.05) is 5.16 Å². The summed E-state index contributed by atoms with van der Waals surface area (Å²) in [6.07, 6.45) is 1.52. The van der Waals surface area contributed by atoms with Gasteiger partial charge in [0, 0.05) is 12.6 Å². The maximum Gasteiger partial charge on any atom is 0.234 e. The van der Waals surface area contributed by atoms with Gasteiger partial charge in [-0.05, 0) is 27.7 Å². The lowest BCUT2D eigenvalue weighted by Gasteiger charge is -2.24. The smallest absolute Gasteiger partial charge is 0.234 e. The molecule has 0 aliphatic heterocycles. The van der Waals surface area contributed by atoms with Crippen LogP contribution in [0, 0.1) is 13.8 Å². The Morgan fingerprint density at radius 1 is 1.35 bits per heavy atom. The number of hydrogen-bond acceptors (Lipinski definition) is 7. The monoisotopic (exact) mass is 319 g/mol. The Labute approximate surface area is 134 Å². The summed E-state index contributed by atoms with van der Waals surface area (Å²) in [5.74, 6) is 1.04. The van der Waals surface area contributed by atoms with E-state index in [2.05, 4.69) is 25.8 Å². The Hall–Kier alpha value is -2.64. The van der Waals surface area contributed by atoms with E-state index in [4.69, 9.17) is 9.26 Å². The lowest BCUT2D eigenvalue weighted by atomic mass is 9.87. The van der Waals surface area contributed by atoms with Crippen molar-refractivity contribution in [2.75, 3.05) is 19.5 Å². The molecule has 0 aliphatic rings. The molecule has 2 rings (SSSR count). The van der Waals surface area contributed by atoms with Crippen molar-refractivity contribution < 1.29 is 14.1 Å². The van der Waals surface area contributed by atoms with E-state index >= 15 is 0 Å². The molecule has 0 spiro atoms. The molecule has 8 nitrogen and oxygen atoms in total. The summed E-state index contributed by atoms with van der Waals surface area (Å²) in [7, 11) is 3.09. The van der Waals surface area contributed by atoms with Crippen LogP contribution in [0.3, 0.4) is 0 Å². The fraction of sp³-hybridized carbons (Fsp3) is 0.467. The minimum absolute atomic E-state index is 0.174. The maximum atomic E-state index is 12.2. The zero-order valence-corrected chi connectivity index (χ0v) is 14.1. The van der Waals surface area contributed by atoms with Gasteiger partial charge < -0.3 is 14.6 Å². The van der Waals surface area contributed by atoms with Crippen LogP contribution in [0.2, 0.25) is 0 Å². The lowest BCUT2D eigenvalue weighted by molar-refractivity contribution is -0.125. The second-order valence-electron chi connectivity index (χ2n) is 5.66. The molecule has 2 heterocycles. The van der Waals surface area contributed by atoms with E-state index < -0.39 is 5.41 Å². The molecule has 0 radical (unpaired) electrons. The van der Waals surface area contributed by atoms with Crippen LogP contribution in [-0.2, 0) is 10.2 Å². The van der Waals surface area contributed by atoms with Crippen molar-refractivity contribution in [3.8, 4) is 5.75 Å². The summed E-state index contributed by atoms with van der Waals surface area (Å²) in [5, 5.41) is 9.48. The molecule has 0 saturated carbocycles. The van der Waals surface area contributed by atoms with E-state index in [9.17, 15) is 4.79 Å². The molecule has 2 N–H and O–H groups in total. The number of nitrogens with one attached hydrogen (secondary N) is 2. The number of anilines is 2. The Kier molecular flexibility index (Phi) is 4.53. The third-order valence-corrected chi connectivity index (χ3v) is 3.74. The number of carbonyl (C=O) groups excluding carboxylic acids is 1. The van der Waals surface area contributed by atoms with Gasteiger partial charge in [-0.15, -0.1) is 0 Å². The van der Waals surface area contributed by atoms with Crippen molar-refractivity contribution in [1.29, 1.82) is 0 Å². The highest BCUT2D eigenvalue weighted by atomic mass is 16.5. The van der Waals surface area contributed by atoms with Crippen LogP contribution in [-0.4, -0.2) is 35.2 Å². The molecule has 0 aromatic carbocycles. The fourth-order valence-electron chi connectivity index (χ4n) is 2.08. The number of likely N-dealkylation sites (N-methyl/N-ethyl adjacent to an activating group) is 1. The van der Waals surface area contributed by atoms with Crippen molar-refractivity contribution in [2.24, 2.45) is 0 Å². The van der Waals surface area contributed by atoms with Crippen LogP contribution in [0.5, 0.6) is 5.75 Å². The van der Waals surface area contributed by atoms with Crippen molar-refractivity contribution in [1.82, 2.24) is 20.4 Å². The summed E-state index contributed by atoms with van der Waals surface area (Å²) >= 11 is 0. The Balaban J connectivity index is 2.43. The molecule has 0 unspecified atom stereocenters. The highest BCUT2D eigenvalue weighted by Gasteiger charge is 2.34. The summed E-state index contributed by atoms with van der Waals surface area (Å²) in [6, 6.07) is 0. The van der Waals surface area contributed by atoms with Gasteiger partial charge in [0.15, 0.2) is 5.75 Å². The third kappa shape index (κ3) is 3.10. The van der Waals surface area contributed by atoms with E-state index in [1.165, 1.54) is 13.3 Å². The third-order valence-electron chi connectivity index (χ3n) is 3.74. The summed E-state index contributed by atoms with van der Waals surface area (Å²) in [4.78, 5) is 20.8. The first kappa shape index (κ1) is 16.7. The maximum absolute atomic E-state index is 12.2. The zero-order valence-electron chi connectivity index (χ0n) is 14.1. The van der Waals surface area contributed by atoms with Crippen molar-refractivity contribution in [3.63, 3.8) is 0 Å². The Morgan fingerprint density at radius 2 is 2.04 bits per heavy atom. The number of methoxy groups -OCH3 is 1. The van der Waals surface area contributed by atoms with Gasteiger partial charge in [0.05, 0.1) is 24.4 Å². The highest BCUT2D eigenvalue weighted by molar-refractivity contribution is 5.87. The molecule has 1 amide bonds. The number of carbonyl (C=O) groups is 1. The van der Waals surface area contributed by atoms with Crippen LogP contribution >= 0.6 is 0 Å². The minimum Gasteiger partial charge on any atom is -0.493 e. The first-order chi connectivity index (χ1) is 10.8. The van der Waals surface area contributed by atoms with E-state index in [0.717, 1.165) is 11.3 Å². The second-order valence-corrected chi connectivity index (χ2v) is 5.66. The molecule has 23 heavy (non-hydrogen) atoms. The Morgan fingerprint density at radius 3 is 2.57 bits per heavy atom. The largest absolute Gasteiger partial charge is 0.493 e. The molecule has 0 bridgehead atoms. The summed E-state index contributed by atoms with van der Waals surface area (Å²) in [5.41, 5.74) is 1.25. The number of aryl methyl sites for hydroxylation is 1.